The summed E-state index contributed by atoms with van der Waals surface area (Å²) in [6.07, 6.45) is 5.54. The van der Waals surface area contributed by atoms with E-state index in [4.69, 9.17) is 0 Å². The van der Waals surface area contributed by atoms with E-state index in [0.717, 1.165) is 36.4 Å². The molecule has 1 aliphatic carbocycles. The number of pyridine rings is 1. The third-order valence-corrected chi connectivity index (χ3v) is 5.37. The summed E-state index contributed by atoms with van der Waals surface area (Å²) in [5.74, 6) is -0.212. The molecule has 2 amide bonds. The number of hydrogen-bond acceptors (Lipinski definition) is 6. The minimum Gasteiger partial charge on any atom is -0.349 e. The van der Waals surface area contributed by atoms with Crippen LogP contribution in [0.15, 0.2) is 24.5 Å². The van der Waals surface area contributed by atoms with Gasteiger partial charge in [-0.1, -0.05) is 0 Å². The Morgan fingerprint density at radius 3 is 2.77 bits per heavy atom. The SMILES string of the molecule is CN(C)CCNC(=O)c1nc2c(s1)C[C@@H](NC(=O)c1ccncc1)CC2. The monoisotopic (exact) mass is 373 g/mol. The van der Waals surface area contributed by atoms with E-state index >= 15 is 0 Å². The van der Waals surface area contributed by atoms with Gasteiger partial charge in [-0.2, -0.15) is 0 Å². The van der Waals surface area contributed by atoms with Crippen LogP contribution >= 0.6 is 11.3 Å². The summed E-state index contributed by atoms with van der Waals surface area (Å²) in [4.78, 5) is 36.1. The van der Waals surface area contributed by atoms with Gasteiger partial charge in [-0.3, -0.25) is 14.6 Å². The highest BCUT2D eigenvalue weighted by Crippen LogP contribution is 2.27. The van der Waals surface area contributed by atoms with Gasteiger partial charge in [0.1, 0.15) is 0 Å². The zero-order valence-corrected chi connectivity index (χ0v) is 15.8. The van der Waals surface area contributed by atoms with Gasteiger partial charge in [0.15, 0.2) is 5.01 Å². The van der Waals surface area contributed by atoms with Crippen LogP contribution < -0.4 is 10.6 Å². The Kier molecular flexibility index (Phi) is 5.95. The van der Waals surface area contributed by atoms with E-state index in [1.807, 2.05) is 19.0 Å². The average Bonchev–Trinajstić information content (AvgIpc) is 3.05. The molecule has 2 aromatic rings. The van der Waals surface area contributed by atoms with Crippen LogP contribution in [0.4, 0.5) is 0 Å². The van der Waals surface area contributed by atoms with Gasteiger partial charge in [0.25, 0.3) is 11.8 Å². The summed E-state index contributed by atoms with van der Waals surface area (Å²) in [5, 5.41) is 6.47. The summed E-state index contributed by atoms with van der Waals surface area (Å²) in [7, 11) is 3.93. The highest BCUT2D eigenvalue weighted by molar-refractivity contribution is 7.13. The van der Waals surface area contributed by atoms with Crippen LogP contribution in [0.2, 0.25) is 0 Å². The van der Waals surface area contributed by atoms with E-state index < -0.39 is 0 Å². The highest BCUT2D eigenvalue weighted by atomic mass is 32.1. The van der Waals surface area contributed by atoms with Crippen LogP contribution in [0.1, 0.15) is 37.2 Å². The van der Waals surface area contributed by atoms with E-state index in [1.165, 1.54) is 11.3 Å². The maximum atomic E-state index is 12.3. The van der Waals surface area contributed by atoms with E-state index in [2.05, 4.69) is 20.6 Å². The van der Waals surface area contributed by atoms with Gasteiger partial charge >= 0.3 is 0 Å². The van der Waals surface area contributed by atoms with E-state index in [0.29, 0.717) is 17.1 Å². The fraction of sp³-hybridized carbons (Fsp3) is 0.444. The van der Waals surface area contributed by atoms with Crippen LogP contribution in [0.25, 0.3) is 0 Å². The Labute approximate surface area is 156 Å². The lowest BCUT2D eigenvalue weighted by Crippen LogP contribution is -2.38. The van der Waals surface area contributed by atoms with Gasteiger partial charge in [-0.15, -0.1) is 11.3 Å². The Balaban J connectivity index is 1.58. The first-order valence-electron chi connectivity index (χ1n) is 8.65. The number of carbonyl (C=O) groups excluding carboxylic acids is 2. The Hall–Kier alpha value is -2.32. The van der Waals surface area contributed by atoms with E-state index in [1.54, 1.807) is 24.5 Å². The molecule has 7 nitrogen and oxygen atoms in total. The zero-order valence-electron chi connectivity index (χ0n) is 15.0. The quantitative estimate of drug-likeness (QED) is 0.792. The lowest BCUT2D eigenvalue weighted by molar-refractivity contribution is 0.0931. The number of amides is 2. The number of aromatic nitrogens is 2. The Morgan fingerprint density at radius 1 is 1.27 bits per heavy atom. The maximum absolute atomic E-state index is 12.3. The average molecular weight is 373 g/mol. The molecule has 1 atom stereocenters. The third kappa shape index (κ3) is 4.64. The fourth-order valence-corrected chi connectivity index (χ4v) is 3.94. The second-order valence-electron chi connectivity index (χ2n) is 6.60. The molecule has 8 heteroatoms. The van der Waals surface area contributed by atoms with Crippen LogP contribution in [0.5, 0.6) is 0 Å². The number of fused-ring (bicyclic) bond motifs is 1. The Bertz CT molecular complexity index is 775. The second kappa shape index (κ2) is 8.37. The molecular weight excluding hydrogens is 350 g/mol. The first-order valence-corrected chi connectivity index (χ1v) is 9.47. The van der Waals surface area contributed by atoms with Crippen LogP contribution in [0, 0.1) is 0 Å². The van der Waals surface area contributed by atoms with Gasteiger partial charge < -0.3 is 15.5 Å². The molecule has 0 fully saturated rings. The second-order valence-corrected chi connectivity index (χ2v) is 7.68. The van der Waals surface area contributed by atoms with E-state index in [-0.39, 0.29) is 17.9 Å². The zero-order chi connectivity index (χ0) is 18.5. The molecule has 0 spiro atoms. The summed E-state index contributed by atoms with van der Waals surface area (Å²) in [5.41, 5.74) is 1.60. The molecule has 138 valence electrons. The molecule has 2 heterocycles. The molecule has 26 heavy (non-hydrogen) atoms. The van der Waals surface area contributed by atoms with Gasteiger partial charge in [-0.25, -0.2) is 4.98 Å². The van der Waals surface area contributed by atoms with Crippen LogP contribution in [-0.4, -0.2) is 59.9 Å². The maximum Gasteiger partial charge on any atom is 0.280 e. The molecule has 1 aliphatic rings. The number of likely N-dealkylation sites (N-methyl/N-ethyl adjacent to an activating group) is 1. The van der Waals surface area contributed by atoms with Gasteiger partial charge in [0.2, 0.25) is 0 Å². The minimum atomic E-state index is -0.122. The van der Waals surface area contributed by atoms with E-state index in [9.17, 15) is 9.59 Å². The number of thiazole rings is 1. The number of aryl methyl sites for hydroxylation is 1. The predicted molar refractivity (Wildman–Crippen MR) is 101 cm³/mol. The molecule has 0 unspecified atom stereocenters. The first kappa shape index (κ1) is 18.5. The van der Waals surface area contributed by atoms with Crippen molar-refractivity contribution < 1.29 is 9.59 Å². The first-order chi connectivity index (χ1) is 12.5. The number of nitrogens with zero attached hydrogens (tertiary/aromatic N) is 3. The number of rotatable bonds is 6. The molecule has 2 aromatic heterocycles. The highest BCUT2D eigenvalue weighted by Gasteiger charge is 2.25. The lowest BCUT2D eigenvalue weighted by Gasteiger charge is -2.22. The molecule has 0 aromatic carbocycles. The van der Waals surface area contributed by atoms with Crippen molar-refractivity contribution in [2.75, 3.05) is 27.2 Å². The standard InChI is InChI=1S/C18H23N5O2S/c1-23(2)10-9-20-17(25)18-22-14-4-3-13(11-15(14)26-18)21-16(24)12-5-7-19-8-6-12/h5-8,13H,3-4,9-11H2,1-2H3,(H,20,25)(H,21,24)/t13-/m0/s1. The molecular formula is C18H23N5O2S. The van der Waals surface area contributed by atoms with Crippen LogP contribution in [-0.2, 0) is 12.8 Å². The largest absolute Gasteiger partial charge is 0.349 e. The van der Waals surface area contributed by atoms with Crippen molar-refractivity contribution >= 4 is 23.2 Å². The molecule has 0 radical (unpaired) electrons. The topological polar surface area (TPSA) is 87.2 Å². The van der Waals surface area contributed by atoms with Crippen molar-refractivity contribution in [1.82, 2.24) is 25.5 Å². The number of nitrogens with one attached hydrogen (secondary N) is 2. The summed E-state index contributed by atoms with van der Waals surface area (Å²) < 4.78 is 0. The Morgan fingerprint density at radius 2 is 2.04 bits per heavy atom. The van der Waals surface area contributed by atoms with Crippen molar-refractivity contribution in [3.63, 3.8) is 0 Å². The molecule has 0 bridgehead atoms. The molecule has 0 saturated heterocycles. The van der Waals surface area contributed by atoms with Crippen molar-refractivity contribution in [3.8, 4) is 0 Å². The fourth-order valence-electron chi connectivity index (χ4n) is 2.84. The van der Waals surface area contributed by atoms with Gasteiger partial charge in [0, 0.05) is 48.4 Å². The van der Waals surface area contributed by atoms with Gasteiger partial charge in [0.05, 0.1) is 5.69 Å². The van der Waals surface area contributed by atoms with Crippen molar-refractivity contribution in [1.29, 1.82) is 0 Å². The molecule has 0 saturated carbocycles. The minimum absolute atomic E-state index is 0.0632. The van der Waals surface area contributed by atoms with Gasteiger partial charge in [-0.05, 0) is 39.1 Å². The smallest absolute Gasteiger partial charge is 0.280 e. The predicted octanol–water partition coefficient (Wildman–Crippen LogP) is 1.12. The molecule has 0 aliphatic heterocycles. The molecule has 3 rings (SSSR count). The lowest BCUT2D eigenvalue weighted by atomic mass is 9.97. The van der Waals surface area contributed by atoms with Crippen LogP contribution in [0.3, 0.4) is 0 Å². The summed E-state index contributed by atoms with van der Waals surface area (Å²) in [6.45, 7) is 1.39. The molecule has 2 N–H and O–H groups in total. The third-order valence-electron chi connectivity index (χ3n) is 4.26. The number of hydrogen-bond donors (Lipinski definition) is 2. The van der Waals surface area contributed by atoms with Crippen molar-refractivity contribution in [3.05, 3.63) is 45.7 Å². The summed E-state index contributed by atoms with van der Waals surface area (Å²) >= 11 is 1.43. The van der Waals surface area contributed by atoms with Crippen molar-refractivity contribution in [2.24, 2.45) is 0 Å². The normalized spacial score (nSPS) is 16.2. The summed E-state index contributed by atoms with van der Waals surface area (Å²) in [6, 6.07) is 3.46. The number of carbonyl (C=O) groups is 2. The van der Waals surface area contributed by atoms with Crippen molar-refractivity contribution in [2.45, 2.75) is 25.3 Å².